The maximum Gasteiger partial charge on any atom is 0.262 e. The van der Waals surface area contributed by atoms with Gasteiger partial charge in [0.05, 0.1) is 5.39 Å². The Balaban J connectivity index is 1.62. The van der Waals surface area contributed by atoms with Crippen LogP contribution in [-0.4, -0.2) is 15.0 Å². The van der Waals surface area contributed by atoms with Crippen LogP contribution in [0.5, 0.6) is 0 Å². The molecular formula is C24H18N4O. The second-order valence-electron chi connectivity index (χ2n) is 7.02. The first-order chi connectivity index (χ1) is 14.2. The van der Waals surface area contributed by atoms with Crippen molar-refractivity contribution < 1.29 is 0 Å². The molecule has 2 N–H and O–H groups in total. The number of nitrogens with zero attached hydrogens (tertiary/aromatic N) is 2. The molecule has 0 spiro atoms. The van der Waals surface area contributed by atoms with E-state index in [-0.39, 0.29) is 5.56 Å². The smallest absolute Gasteiger partial charge is 0.262 e. The average Bonchev–Trinajstić information content (AvgIpc) is 2.74. The predicted octanol–water partition coefficient (Wildman–Crippen LogP) is 5.19. The highest BCUT2D eigenvalue weighted by molar-refractivity contribution is 5.95. The molecule has 2 heterocycles. The van der Waals surface area contributed by atoms with Gasteiger partial charge in [-0.05, 0) is 53.1 Å². The topological polar surface area (TPSA) is 70.7 Å². The lowest BCUT2D eigenvalue weighted by Gasteiger charge is -2.09. The monoisotopic (exact) mass is 378 g/mol. The van der Waals surface area contributed by atoms with Crippen molar-refractivity contribution in [1.29, 1.82) is 0 Å². The zero-order chi connectivity index (χ0) is 19.8. The van der Waals surface area contributed by atoms with Gasteiger partial charge in [0.2, 0.25) is 5.95 Å². The Labute approximate surface area is 167 Å². The number of aromatic nitrogens is 3. The fourth-order valence-corrected chi connectivity index (χ4v) is 3.49. The summed E-state index contributed by atoms with van der Waals surface area (Å²) in [5, 5.41) is 5.91. The van der Waals surface area contributed by atoms with E-state index in [9.17, 15) is 4.79 Å². The highest BCUT2D eigenvalue weighted by Gasteiger charge is 2.12. The minimum absolute atomic E-state index is 0.221. The summed E-state index contributed by atoms with van der Waals surface area (Å²) in [5.74, 6) is 0.370. The van der Waals surface area contributed by atoms with E-state index in [1.54, 1.807) is 6.20 Å². The van der Waals surface area contributed by atoms with Crippen LogP contribution in [0.3, 0.4) is 0 Å². The van der Waals surface area contributed by atoms with Crippen molar-refractivity contribution in [2.45, 2.75) is 6.92 Å². The molecule has 0 amide bonds. The van der Waals surface area contributed by atoms with Crippen molar-refractivity contribution in [2.24, 2.45) is 0 Å². The molecule has 0 atom stereocenters. The first-order valence-corrected chi connectivity index (χ1v) is 9.39. The highest BCUT2D eigenvalue weighted by atomic mass is 16.1. The van der Waals surface area contributed by atoms with Gasteiger partial charge in [0.25, 0.3) is 5.56 Å². The van der Waals surface area contributed by atoms with Gasteiger partial charge in [0, 0.05) is 11.9 Å². The van der Waals surface area contributed by atoms with Gasteiger partial charge >= 0.3 is 0 Å². The van der Waals surface area contributed by atoms with E-state index in [2.05, 4.69) is 44.5 Å². The Bertz CT molecular complexity index is 1400. The van der Waals surface area contributed by atoms with Crippen molar-refractivity contribution in [1.82, 2.24) is 15.0 Å². The first-order valence-electron chi connectivity index (χ1n) is 9.39. The van der Waals surface area contributed by atoms with Crippen LogP contribution in [0.4, 0.5) is 11.6 Å². The molecule has 5 aromatic rings. The summed E-state index contributed by atoms with van der Waals surface area (Å²) in [6.45, 7) is 2.03. The lowest BCUT2D eigenvalue weighted by Crippen LogP contribution is -2.13. The van der Waals surface area contributed by atoms with Gasteiger partial charge in [-0.3, -0.25) is 9.78 Å². The maximum absolute atomic E-state index is 12.9. The van der Waals surface area contributed by atoms with Crippen LogP contribution in [0.1, 0.15) is 5.56 Å². The number of fused-ring (bicyclic) bond motifs is 2. The zero-order valence-electron chi connectivity index (χ0n) is 15.8. The van der Waals surface area contributed by atoms with Crippen LogP contribution in [0.25, 0.3) is 32.9 Å². The van der Waals surface area contributed by atoms with E-state index in [4.69, 9.17) is 0 Å². The van der Waals surface area contributed by atoms with Gasteiger partial charge in [-0.1, -0.05) is 54.1 Å². The van der Waals surface area contributed by atoms with Gasteiger partial charge in [0.15, 0.2) is 5.65 Å². The van der Waals surface area contributed by atoms with Gasteiger partial charge < -0.3 is 5.32 Å². The Morgan fingerprint density at radius 2 is 1.69 bits per heavy atom. The summed E-state index contributed by atoms with van der Waals surface area (Å²) in [5.41, 5.74) is 3.98. The molecule has 0 fully saturated rings. The van der Waals surface area contributed by atoms with Crippen LogP contribution in [0.2, 0.25) is 0 Å². The molecule has 0 aliphatic heterocycles. The third-order valence-electron chi connectivity index (χ3n) is 4.98. The normalized spacial score (nSPS) is 11.1. The number of nitrogens with one attached hydrogen (secondary N) is 2. The summed E-state index contributed by atoms with van der Waals surface area (Å²) in [7, 11) is 0. The van der Waals surface area contributed by atoms with E-state index >= 15 is 0 Å². The minimum atomic E-state index is -0.221. The minimum Gasteiger partial charge on any atom is -0.326 e. The molecule has 5 heteroatoms. The van der Waals surface area contributed by atoms with Crippen molar-refractivity contribution in [3.05, 3.63) is 94.9 Å². The van der Waals surface area contributed by atoms with Crippen LogP contribution in [-0.2, 0) is 0 Å². The molecule has 0 saturated carbocycles. The fraction of sp³-hybridized carbons (Fsp3) is 0.0417. The van der Waals surface area contributed by atoms with E-state index in [1.807, 2.05) is 55.5 Å². The van der Waals surface area contributed by atoms with E-state index in [1.165, 1.54) is 0 Å². The van der Waals surface area contributed by atoms with Crippen LogP contribution < -0.4 is 10.9 Å². The molecule has 0 unspecified atom stereocenters. The van der Waals surface area contributed by atoms with Crippen LogP contribution in [0, 0.1) is 6.92 Å². The quantitative estimate of drug-likeness (QED) is 0.453. The van der Waals surface area contributed by atoms with Crippen LogP contribution in [0.15, 0.2) is 83.8 Å². The molecule has 29 heavy (non-hydrogen) atoms. The Hall–Kier alpha value is -3.99. The number of benzene rings is 3. The predicted molar refractivity (Wildman–Crippen MR) is 118 cm³/mol. The van der Waals surface area contributed by atoms with Crippen molar-refractivity contribution >= 4 is 33.4 Å². The molecule has 0 saturated heterocycles. The SMILES string of the molecule is Cc1ccc(Nc2nc3nccc(-c4ccc5ccccc5c4)c3c(=O)[nH]2)cc1. The molecule has 5 rings (SSSR count). The summed E-state index contributed by atoms with van der Waals surface area (Å²) in [6.07, 6.45) is 1.69. The number of rotatable bonds is 3. The molecule has 3 aromatic carbocycles. The second kappa shape index (κ2) is 6.87. The third kappa shape index (κ3) is 3.23. The summed E-state index contributed by atoms with van der Waals surface area (Å²) >= 11 is 0. The van der Waals surface area contributed by atoms with Crippen molar-refractivity contribution in [2.75, 3.05) is 5.32 Å². The fourth-order valence-electron chi connectivity index (χ4n) is 3.49. The molecule has 0 radical (unpaired) electrons. The van der Waals surface area contributed by atoms with E-state index in [0.29, 0.717) is 17.0 Å². The number of aryl methyl sites for hydroxylation is 1. The van der Waals surface area contributed by atoms with Gasteiger partial charge in [-0.25, -0.2) is 4.98 Å². The van der Waals surface area contributed by atoms with E-state index in [0.717, 1.165) is 33.2 Å². The van der Waals surface area contributed by atoms with Crippen molar-refractivity contribution in [3.63, 3.8) is 0 Å². The Kier molecular flexibility index (Phi) is 4.06. The maximum atomic E-state index is 12.9. The molecular weight excluding hydrogens is 360 g/mol. The summed E-state index contributed by atoms with van der Waals surface area (Å²) < 4.78 is 0. The molecule has 0 aliphatic rings. The number of hydrogen-bond acceptors (Lipinski definition) is 4. The summed E-state index contributed by atoms with van der Waals surface area (Å²) in [4.78, 5) is 24.6. The number of aromatic amines is 1. The van der Waals surface area contributed by atoms with Gasteiger partial charge in [0.1, 0.15) is 0 Å². The lowest BCUT2D eigenvalue weighted by molar-refractivity contribution is 1.14. The third-order valence-corrected chi connectivity index (χ3v) is 4.98. The lowest BCUT2D eigenvalue weighted by atomic mass is 10.00. The Morgan fingerprint density at radius 3 is 2.52 bits per heavy atom. The number of H-pyrrole nitrogens is 1. The average molecular weight is 378 g/mol. The molecule has 5 nitrogen and oxygen atoms in total. The molecule has 2 aromatic heterocycles. The highest BCUT2D eigenvalue weighted by Crippen LogP contribution is 2.28. The summed E-state index contributed by atoms with van der Waals surface area (Å²) in [6, 6.07) is 24.1. The van der Waals surface area contributed by atoms with Crippen LogP contribution >= 0.6 is 0 Å². The molecule has 140 valence electrons. The molecule has 0 aliphatic carbocycles. The second-order valence-corrected chi connectivity index (χ2v) is 7.02. The molecule has 0 bridgehead atoms. The number of anilines is 2. The van der Waals surface area contributed by atoms with E-state index < -0.39 is 0 Å². The largest absolute Gasteiger partial charge is 0.326 e. The van der Waals surface area contributed by atoms with Gasteiger partial charge in [-0.2, -0.15) is 4.98 Å². The van der Waals surface area contributed by atoms with Crippen molar-refractivity contribution in [3.8, 4) is 11.1 Å². The zero-order valence-corrected chi connectivity index (χ0v) is 15.8. The Morgan fingerprint density at radius 1 is 0.897 bits per heavy atom. The number of hydrogen-bond donors (Lipinski definition) is 2. The number of pyridine rings is 1. The van der Waals surface area contributed by atoms with Gasteiger partial charge in [-0.15, -0.1) is 0 Å². The first kappa shape index (κ1) is 17.1. The standard InChI is InChI=1S/C24H18N4O/c1-15-6-10-19(11-7-15)26-24-27-22-21(23(29)28-24)20(12-13-25-22)18-9-8-16-4-2-3-5-17(16)14-18/h2-14H,1H3,(H2,25,26,27,28,29).